The van der Waals surface area contributed by atoms with Gasteiger partial charge in [-0.3, -0.25) is 4.79 Å². The van der Waals surface area contributed by atoms with E-state index in [1.54, 1.807) is 0 Å². The van der Waals surface area contributed by atoms with Crippen LogP contribution in [0.25, 0.3) is 10.4 Å². The lowest BCUT2D eigenvalue weighted by molar-refractivity contribution is -0.118. The first kappa shape index (κ1) is 11.8. The van der Waals surface area contributed by atoms with Crippen molar-refractivity contribution < 1.29 is 4.79 Å². The van der Waals surface area contributed by atoms with Gasteiger partial charge in [0.2, 0.25) is 5.91 Å². The number of carbonyl (C=O) groups excluding carboxylic acids is 1. The highest BCUT2D eigenvalue weighted by molar-refractivity contribution is 5.72. The molecule has 0 aromatic heterocycles. The van der Waals surface area contributed by atoms with E-state index in [4.69, 9.17) is 5.53 Å². The molecule has 0 radical (unpaired) electrons. The first-order chi connectivity index (χ1) is 6.27. The maximum absolute atomic E-state index is 10.5. The van der Waals surface area contributed by atoms with Gasteiger partial charge in [0.15, 0.2) is 0 Å². The summed E-state index contributed by atoms with van der Waals surface area (Å²) in [5.41, 5.74) is 7.98. The lowest BCUT2D eigenvalue weighted by Gasteiger charge is -2.00. The fourth-order valence-electron chi connectivity index (χ4n) is 0.970. The van der Waals surface area contributed by atoms with Gasteiger partial charge in [-0.05, 0) is 18.4 Å². The third kappa shape index (κ3) is 10.8. The molecule has 0 rings (SSSR count). The molecule has 0 atom stereocenters. The zero-order valence-electron chi connectivity index (χ0n) is 7.99. The van der Waals surface area contributed by atoms with Gasteiger partial charge in [-0.2, -0.15) is 0 Å². The molecule has 0 saturated heterocycles. The molecule has 0 aromatic carbocycles. The minimum Gasteiger partial charge on any atom is -0.356 e. The van der Waals surface area contributed by atoms with E-state index in [1.165, 1.54) is 6.92 Å². The van der Waals surface area contributed by atoms with E-state index in [2.05, 4.69) is 15.3 Å². The van der Waals surface area contributed by atoms with Crippen LogP contribution in [0, 0.1) is 0 Å². The van der Waals surface area contributed by atoms with E-state index in [1.807, 2.05) is 0 Å². The summed E-state index contributed by atoms with van der Waals surface area (Å²) in [5.74, 6) is 0.0223. The Morgan fingerprint density at radius 1 is 1.38 bits per heavy atom. The summed E-state index contributed by atoms with van der Waals surface area (Å²) in [7, 11) is 0. The molecule has 1 N–H and O–H groups in total. The maximum atomic E-state index is 10.5. The van der Waals surface area contributed by atoms with Crippen molar-refractivity contribution in [3.63, 3.8) is 0 Å². The van der Waals surface area contributed by atoms with Crippen molar-refractivity contribution in [2.45, 2.75) is 32.6 Å². The van der Waals surface area contributed by atoms with Crippen molar-refractivity contribution in [1.82, 2.24) is 5.32 Å². The Bertz CT molecular complexity index is 181. The van der Waals surface area contributed by atoms with Crippen molar-refractivity contribution in [3.05, 3.63) is 10.4 Å². The number of azide groups is 1. The van der Waals surface area contributed by atoms with Crippen LogP contribution in [0.4, 0.5) is 0 Å². The van der Waals surface area contributed by atoms with Gasteiger partial charge in [0.25, 0.3) is 0 Å². The molecule has 0 spiro atoms. The highest BCUT2D eigenvalue weighted by Crippen LogP contribution is 1.98. The van der Waals surface area contributed by atoms with Gasteiger partial charge in [-0.25, -0.2) is 0 Å². The number of nitrogens with one attached hydrogen (secondary N) is 1. The Balaban J connectivity index is 2.99. The van der Waals surface area contributed by atoms with Crippen LogP contribution >= 0.6 is 0 Å². The van der Waals surface area contributed by atoms with Crippen molar-refractivity contribution in [1.29, 1.82) is 0 Å². The minimum absolute atomic E-state index is 0.0223. The predicted molar refractivity (Wildman–Crippen MR) is 51.2 cm³/mol. The van der Waals surface area contributed by atoms with Gasteiger partial charge in [0.05, 0.1) is 0 Å². The number of nitrogens with zero attached hydrogens (tertiary/aromatic N) is 3. The zero-order valence-corrected chi connectivity index (χ0v) is 7.99. The highest BCUT2D eigenvalue weighted by Gasteiger charge is 1.91. The number of hydrogen-bond acceptors (Lipinski definition) is 2. The van der Waals surface area contributed by atoms with Crippen molar-refractivity contribution in [2.24, 2.45) is 5.11 Å². The molecule has 0 bridgehead atoms. The van der Waals surface area contributed by atoms with Crippen LogP contribution in [0.2, 0.25) is 0 Å². The summed E-state index contributed by atoms with van der Waals surface area (Å²) in [6.07, 6.45) is 4.06. The van der Waals surface area contributed by atoms with Gasteiger partial charge < -0.3 is 5.32 Å². The molecule has 0 unspecified atom stereocenters. The second-order valence-electron chi connectivity index (χ2n) is 2.85. The first-order valence-corrected chi connectivity index (χ1v) is 4.52. The molecule has 0 saturated carbocycles. The summed E-state index contributed by atoms with van der Waals surface area (Å²) in [4.78, 5) is 13.1. The topological polar surface area (TPSA) is 77.9 Å². The van der Waals surface area contributed by atoms with Gasteiger partial charge in [0, 0.05) is 24.9 Å². The third-order valence-corrected chi connectivity index (χ3v) is 1.62. The molecule has 74 valence electrons. The van der Waals surface area contributed by atoms with Gasteiger partial charge in [-0.15, -0.1) is 0 Å². The Morgan fingerprint density at radius 3 is 2.69 bits per heavy atom. The molecule has 13 heavy (non-hydrogen) atoms. The van der Waals surface area contributed by atoms with E-state index in [0.717, 1.165) is 32.2 Å². The van der Waals surface area contributed by atoms with E-state index in [0.29, 0.717) is 6.54 Å². The normalized spacial score (nSPS) is 9.00. The van der Waals surface area contributed by atoms with Crippen LogP contribution in [-0.2, 0) is 4.79 Å². The molecule has 0 aliphatic carbocycles. The van der Waals surface area contributed by atoms with Crippen LogP contribution in [0.15, 0.2) is 5.11 Å². The zero-order chi connectivity index (χ0) is 9.94. The Morgan fingerprint density at radius 2 is 2.08 bits per heavy atom. The molecule has 5 nitrogen and oxygen atoms in total. The second kappa shape index (κ2) is 8.87. The molecule has 0 aromatic rings. The maximum Gasteiger partial charge on any atom is 0.216 e. The predicted octanol–water partition coefficient (Wildman–Crippen LogP) is 1.99. The average Bonchev–Trinajstić information content (AvgIpc) is 2.09. The highest BCUT2D eigenvalue weighted by atomic mass is 16.1. The fraction of sp³-hybridized carbons (Fsp3) is 0.875. The van der Waals surface area contributed by atoms with Gasteiger partial charge in [-0.1, -0.05) is 18.0 Å². The largest absolute Gasteiger partial charge is 0.356 e. The number of unbranched alkanes of at least 4 members (excludes halogenated alkanes) is 3. The summed E-state index contributed by atoms with van der Waals surface area (Å²) in [6, 6.07) is 0. The average molecular weight is 184 g/mol. The van der Waals surface area contributed by atoms with Crippen LogP contribution in [0.3, 0.4) is 0 Å². The number of rotatable bonds is 7. The van der Waals surface area contributed by atoms with E-state index in [9.17, 15) is 4.79 Å². The Kier molecular flexibility index (Phi) is 8.04. The Hall–Kier alpha value is -1.22. The van der Waals surface area contributed by atoms with Gasteiger partial charge >= 0.3 is 0 Å². The summed E-state index contributed by atoms with van der Waals surface area (Å²) in [6.45, 7) is 2.84. The smallest absolute Gasteiger partial charge is 0.216 e. The first-order valence-electron chi connectivity index (χ1n) is 4.52. The summed E-state index contributed by atoms with van der Waals surface area (Å²) in [5, 5.41) is 6.16. The van der Waals surface area contributed by atoms with Crippen LogP contribution in [0.1, 0.15) is 32.6 Å². The molecule has 0 aliphatic rings. The fourth-order valence-corrected chi connectivity index (χ4v) is 0.970. The molecule has 0 heterocycles. The van der Waals surface area contributed by atoms with Crippen molar-refractivity contribution in [2.75, 3.05) is 13.1 Å². The number of hydrogen-bond donors (Lipinski definition) is 1. The lowest BCUT2D eigenvalue weighted by Crippen LogP contribution is -2.20. The molecular formula is C8H16N4O. The van der Waals surface area contributed by atoms with Gasteiger partial charge in [0.1, 0.15) is 0 Å². The van der Waals surface area contributed by atoms with Crippen LogP contribution in [-0.4, -0.2) is 19.0 Å². The standard InChI is InChI=1S/C8H16N4O/c1-8(13)10-6-4-2-3-5-7-11-12-9/h2-7H2,1H3,(H,10,13). The molecule has 5 heteroatoms. The van der Waals surface area contributed by atoms with Crippen LogP contribution < -0.4 is 5.32 Å². The molecule has 0 aliphatic heterocycles. The SMILES string of the molecule is CC(=O)NCCCCCCN=[N+]=[N-]. The number of amides is 1. The third-order valence-electron chi connectivity index (χ3n) is 1.62. The van der Waals surface area contributed by atoms with E-state index >= 15 is 0 Å². The number of carbonyl (C=O) groups is 1. The minimum atomic E-state index is 0.0223. The second-order valence-corrected chi connectivity index (χ2v) is 2.85. The lowest BCUT2D eigenvalue weighted by atomic mass is 10.2. The molecule has 0 fully saturated rings. The molecule has 1 amide bonds. The van der Waals surface area contributed by atoms with Crippen LogP contribution in [0.5, 0.6) is 0 Å². The van der Waals surface area contributed by atoms with E-state index < -0.39 is 0 Å². The monoisotopic (exact) mass is 184 g/mol. The van der Waals surface area contributed by atoms with Crippen molar-refractivity contribution >= 4 is 5.91 Å². The molecular weight excluding hydrogens is 168 g/mol. The summed E-state index contributed by atoms with van der Waals surface area (Å²) >= 11 is 0. The van der Waals surface area contributed by atoms with E-state index in [-0.39, 0.29) is 5.91 Å². The summed E-state index contributed by atoms with van der Waals surface area (Å²) < 4.78 is 0. The van der Waals surface area contributed by atoms with Crippen molar-refractivity contribution in [3.8, 4) is 0 Å². The quantitative estimate of drug-likeness (QED) is 0.279. The Labute approximate surface area is 78.1 Å².